The molecule has 0 aliphatic rings. The zero-order chi connectivity index (χ0) is 13.2. The van der Waals surface area contributed by atoms with Crippen molar-refractivity contribution in [2.75, 3.05) is 11.1 Å². The Bertz CT molecular complexity index is 654. The Morgan fingerprint density at radius 3 is 2.28 bits per heavy atom. The molecule has 0 atom stereocenters. The van der Waals surface area contributed by atoms with Gasteiger partial charge in [0.05, 0.1) is 4.90 Å². The molecule has 2 aromatic rings. The number of hydrogen-bond donors (Lipinski definition) is 2. The van der Waals surface area contributed by atoms with Gasteiger partial charge in [-0.05, 0) is 30.3 Å². The minimum Gasteiger partial charge on any atom is -0.744 e. The summed E-state index contributed by atoms with van der Waals surface area (Å²) in [6, 6.07) is 13.4. The molecule has 0 amide bonds. The van der Waals surface area contributed by atoms with E-state index in [-0.39, 0.29) is 5.69 Å². The Morgan fingerprint density at radius 2 is 1.67 bits per heavy atom. The molecule has 0 fully saturated rings. The molecule has 0 saturated carbocycles. The number of nitrogens with two attached hydrogens (primary N) is 1. The van der Waals surface area contributed by atoms with Crippen molar-refractivity contribution in [3.05, 3.63) is 48.5 Å². The van der Waals surface area contributed by atoms with Crippen molar-refractivity contribution in [2.24, 2.45) is 0 Å². The summed E-state index contributed by atoms with van der Waals surface area (Å²) in [6.45, 7) is 0. The number of hydrogen-bond acceptors (Lipinski definition) is 5. The summed E-state index contributed by atoms with van der Waals surface area (Å²) in [5.74, 6) is 0. The van der Waals surface area contributed by atoms with E-state index >= 15 is 0 Å². The fourth-order valence-corrected chi connectivity index (χ4v) is 2.14. The number of benzene rings is 2. The highest BCUT2D eigenvalue weighted by molar-refractivity contribution is 7.86. The minimum absolute atomic E-state index is 0.0522. The second-order valence-electron chi connectivity index (χ2n) is 3.70. The van der Waals surface area contributed by atoms with E-state index in [4.69, 9.17) is 5.73 Å². The van der Waals surface area contributed by atoms with E-state index in [0.717, 1.165) is 5.69 Å². The molecule has 0 saturated heterocycles. The summed E-state index contributed by atoms with van der Waals surface area (Å²) >= 11 is 0. The number of nitrogens with one attached hydrogen (secondary N) is 1. The van der Waals surface area contributed by atoms with Gasteiger partial charge in [-0.15, -0.1) is 0 Å². The number of nitrogen functional groups attached to an aromatic ring is 1. The van der Waals surface area contributed by atoms with Crippen LogP contribution >= 0.6 is 0 Å². The summed E-state index contributed by atoms with van der Waals surface area (Å²) in [5, 5.41) is 2.98. The first-order chi connectivity index (χ1) is 8.47. The Hall–Kier alpha value is -2.05. The van der Waals surface area contributed by atoms with Gasteiger partial charge in [0.25, 0.3) is 0 Å². The Kier molecular flexibility index (Phi) is 3.22. The molecule has 2 aromatic carbocycles. The van der Waals surface area contributed by atoms with Gasteiger partial charge in [0.2, 0.25) is 0 Å². The molecule has 6 heteroatoms. The van der Waals surface area contributed by atoms with Gasteiger partial charge in [0.1, 0.15) is 10.1 Å². The van der Waals surface area contributed by atoms with Crippen molar-refractivity contribution in [1.82, 2.24) is 0 Å². The van der Waals surface area contributed by atoms with E-state index in [1.165, 1.54) is 12.1 Å². The van der Waals surface area contributed by atoms with Gasteiger partial charge < -0.3 is 15.6 Å². The lowest BCUT2D eigenvalue weighted by Gasteiger charge is -2.13. The molecule has 0 unspecified atom stereocenters. The first-order valence-electron chi connectivity index (χ1n) is 5.14. The van der Waals surface area contributed by atoms with Gasteiger partial charge in [-0.3, -0.25) is 0 Å². The zero-order valence-electron chi connectivity index (χ0n) is 9.33. The molecule has 0 bridgehead atoms. The first-order valence-corrected chi connectivity index (χ1v) is 6.55. The third-order valence-corrected chi connectivity index (χ3v) is 3.24. The van der Waals surface area contributed by atoms with Crippen LogP contribution in [0.2, 0.25) is 0 Å². The van der Waals surface area contributed by atoms with Gasteiger partial charge in [0, 0.05) is 17.1 Å². The smallest absolute Gasteiger partial charge is 0.126 e. The second-order valence-corrected chi connectivity index (χ2v) is 5.05. The molecule has 0 aromatic heterocycles. The van der Waals surface area contributed by atoms with Crippen LogP contribution in [0, 0.1) is 0 Å². The largest absolute Gasteiger partial charge is 0.744 e. The van der Waals surface area contributed by atoms with Crippen LogP contribution in [-0.4, -0.2) is 13.0 Å². The fourth-order valence-electron chi connectivity index (χ4n) is 1.52. The van der Waals surface area contributed by atoms with Crippen LogP contribution in [0.1, 0.15) is 0 Å². The van der Waals surface area contributed by atoms with Crippen molar-refractivity contribution in [1.29, 1.82) is 0 Å². The average Bonchev–Trinajstić information content (AvgIpc) is 2.31. The molecular weight excluding hydrogens is 252 g/mol. The van der Waals surface area contributed by atoms with Gasteiger partial charge in [-0.1, -0.05) is 18.2 Å². The number of anilines is 3. The maximum atomic E-state index is 11.0. The SMILES string of the molecule is Nc1ccc(Nc2ccccc2)cc1S(=O)(=O)[O-]. The number of rotatable bonds is 3. The maximum absolute atomic E-state index is 11.0. The van der Waals surface area contributed by atoms with Gasteiger partial charge in [-0.25, -0.2) is 8.42 Å². The van der Waals surface area contributed by atoms with E-state index in [9.17, 15) is 13.0 Å². The summed E-state index contributed by atoms with van der Waals surface area (Å²) in [7, 11) is -4.56. The molecule has 2 rings (SSSR count). The lowest BCUT2D eigenvalue weighted by Crippen LogP contribution is -2.04. The van der Waals surface area contributed by atoms with Crippen LogP contribution in [-0.2, 0) is 10.1 Å². The topological polar surface area (TPSA) is 95.2 Å². The van der Waals surface area contributed by atoms with Gasteiger partial charge >= 0.3 is 0 Å². The monoisotopic (exact) mass is 263 g/mol. The lowest BCUT2D eigenvalue weighted by molar-refractivity contribution is 0.463. The standard InChI is InChI=1S/C12H12N2O3S/c13-11-7-6-10(8-12(11)18(15,16)17)14-9-4-2-1-3-5-9/h1-8,14H,13H2,(H,15,16,17)/p-1. The van der Waals surface area contributed by atoms with Gasteiger partial charge in [-0.2, -0.15) is 0 Å². The molecule has 0 radical (unpaired) electrons. The van der Waals surface area contributed by atoms with Crippen LogP contribution < -0.4 is 11.1 Å². The summed E-state index contributed by atoms with van der Waals surface area (Å²) < 4.78 is 33.0. The van der Waals surface area contributed by atoms with Crippen molar-refractivity contribution in [2.45, 2.75) is 4.90 Å². The third-order valence-electron chi connectivity index (χ3n) is 2.35. The van der Waals surface area contributed by atoms with Crippen molar-refractivity contribution in [3.63, 3.8) is 0 Å². The Balaban J connectivity index is 2.37. The molecular formula is C12H11N2O3S-. The molecule has 3 N–H and O–H groups in total. The molecule has 5 nitrogen and oxygen atoms in total. The molecule has 18 heavy (non-hydrogen) atoms. The quantitative estimate of drug-likeness (QED) is 0.651. The maximum Gasteiger partial charge on any atom is 0.126 e. The van der Waals surface area contributed by atoms with E-state index in [1.807, 2.05) is 30.3 Å². The first kappa shape index (κ1) is 12.4. The van der Waals surface area contributed by atoms with Crippen LogP contribution in [0.25, 0.3) is 0 Å². The third kappa shape index (κ3) is 2.79. The van der Waals surface area contributed by atoms with Crippen LogP contribution in [0.15, 0.2) is 53.4 Å². The molecule has 94 valence electrons. The summed E-state index contributed by atoms with van der Waals surface area (Å²) in [4.78, 5) is -0.413. The number of para-hydroxylation sites is 1. The van der Waals surface area contributed by atoms with E-state index in [1.54, 1.807) is 6.07 Å². The van der Waals surface area contributed by atoms with Crippen molar-refractivity contribution >= 4 is 27.2 Å². The van der Waals surface area contributed by atoms with Crippen LogP contribution in [0.4, 0.5) is 17.1 Å². The Labute approximate surface area is 105 Å². The zero-order valence-corrected chi connectivity index (χ0v) is 10.1. The second kappa shape index (κ2) is 4.67. The minimum atomic E-state index is -4.56. The molecule has 0 heterocycles. The van der Waals surface area contributed by atoms with E-state index < -0.39 is 15.0 Å². The highest BCUT2D eigenvalue weighted by atomic mass is 32.2. The molecule has 0 aliphatic heterocycles. The Morgan fingerprint density at radius 1 is 1.00 bits per heavy atom. The predicted octanol–water partition coefficient (Wildman–Crippen LogP) is 1.92. The van der Waals surface area contributed by atoms with Gasteiger partial charge in [0.15, 0.2) is 0 Å². The van der Waals surface area contributed by atoms with E-state index in [2.05, 4.69) is 5.32 Å². The molecule has 0 spiro atoms. The fraction of sp³-hybridized carbons (Fsp3) is 0. The average molecular weight is 263 g/mol. The van der Waals surface area contributed by atoms with Crippen LogP contribution in [0.5, 0.6) is 0 Å². The molecule has 0 aliphatic carbocycles. The summed E-state index contributed by atoms with van der Waals surface area (Å²) in [5.41, 5.74) is 6.69. The van der Waals surface area contributed by atoms with Crippen molar-refractivity contribution < 1.29 is 13.0 Å². The van der Waals surface area contributed by atoms with Crippen molar-refractivity contribution in [3.8, 4) is 0 Å². The lowest BCUT2D eigenvalue weighted by atomic mass is 10.2. The summed E-state index contributed by atoms with van der Waals surface area (Å²) in [6.07, 6.45) is 0. The predicted molar refractivity (Wildman–Crippen MR) is 68.5 cm³/mol. The highest BCUT2D eigenvalue weighted by Crippen LogP contribution is 2.24. The normalized spacial score (nSPS) is 11.2. The van der Waals surface area contributed by atoms with E-state index in [0.29, 0.717) is 5.69 Å². The highest BCUT2D eigenvalue weighted by Gasteiger charge is 2.07. The van der Waals surface area contributed by atoms with Crippen LogP contribution in [0.3, 0.4) is 0 Å².